The van der Waals surface area contributed by atoms with Gasteiger partial charge in [0.2, 0.25) is 17.6 Å². The second-order valence-corrected chi connectivity index (χ2v) is 10.1. The van der Waals surface area contributed by atoms with Gasteiger partial charge in [0.05, 0.1) is 18.4 Å². The Kier molecular flexibility index (Phi) is 8.55. The van der Waals surface area contributed by atoms with E-state index in [9.17, 15) is 14.0 Å². The number of nitrogens with one attached hydrogen (secondary N) is 1. The van der Waals surface area contributed by atoms with Crippen LogP contribution in [0, 0.1) is 5.82 Å². The van der Waals surface area contributed by atoms with Crippen molar-refractivity contribution in [2.24, 2.45) is 0 Å². The number of amides is 2. The van der Waals surface area contributed by atoms with Crippen LogP contribution in [0.5, 0.6) is 5.75 Å². The number of hydrogen-bond donors (Lipinski definition) is 1. The smallest absolute Gasteiger partial charge is 0.287 e. The summed E-state index contributed by atoms with van der Waals surface area (Å²) in [6, 6.07) is 7.26. The van der Waals surface area contributed by atoms with Crippen molar-refractivity contribution in [3.63, 3.8) is 0 Å². The molecule has 1 N–H and O–H groups in total. The Balaban J connectivity index is 1.03. The van der Waals surface area contributed by atoms with Crippen LogP contribution in [-0.4, -0.2) is 77.1 Å². The average Bonchev–Trinajstić information content (AvgIpc) is 3.55. The number of carbonyl (C=O) groups is 2. The lowest BCUT2D eigenvalue weighted by molar-refractivity contribution is -0.132. The van der Waals surface area contributed by atoms with Gasteiger partial charge in [0.1, 0.15) is 17.6 Å². The van der Waals surface area contributed by atoms with Crippen LogP contribution in [0.4, 0.5) is 4.39 Å². The van der Waals surface area contributed by atoms with E-state index in [0.717, 1.165) is 51.7 Å². The van der Waals surface area contributed by atoms with Crippen LogP contribution in [0.3, 0.4) is 0 Å². The number of rotatable bonds is 10. The summed E-state index contributed by atoms with van der Waals surface area (Å²) in [6.07, 6.45) is 6.27. The fourth-order valence-corrected chi connectivity index (χ4v) is 4.84. The summed E-state index contributed by atoms with van der Waals surface area (Å²) in [7, 11) is 0. The lowest BCUT2D eigenvalue weighted by Gasteiger charge is -2.25. The van der Waals surface area contributed by atoms with Crippen molar-refractivity contribution < 1.29 is 27.7 Å². The Bertz CT molecular complexity index is 1260. The molecule has 1 aliphatic carbocycles. The molecule has 1 atom stereocenters. The lowest BCUT2D eigenvalue weighted by Crippen LogP contribution is -2.48. The highest BCUT2D eigenvalue weighted by atomic mass is 19.1. The van der Waals surface area contributed by atoms with Gasteiger partial charge in [-0.3, -0.25) is 9.59 Å². The lowest BCUT2D eigenvalue weighted by atomic mass is 9.85. The van der Waals surface area contributed by atoms with E-state index < -0.39 is 17.8 Å². The van der Waals surface area contributed by atoms with Gasteiger partial charge in [-0.15, -0.1) is 0 Å². The molecule has 11 heteroatoms. The van der Waals surface area contributed by atoms with E-state index in [1.54, 1.807) is 36.1 Å². The molecule has 208 valence electrons. The Morgan fingerprint density at radius 3 is 2.79 bits per heavy atom. The zero-order valence-electron chi connectivity index (χ0n) is 22.1. The molecule has 2 fully saturated rings. The van der Waals surface area contributed by atoms with Crippen LogP contribution in [0.25, 0.3) is 11.4 Å². The highest BCUT2D eigenvalue weighted by molar-refractivity contribution is 5.95. The highest BCUT2D eigenvalue weighted by Gasteiger charge is 2.27. The molecule has 2 aromatic heterocycles. The number of furan rings is 1. The summed E-state index contributed by atoms with van der Waals surface area (Å²) in [5, 5.41) is 6.65. The topological polar surface area (TPSA) is 114 Å². The molecule has 0 radical (unpaired) electrons. The molecule has 39 heavy (non-hydrogen) atoms. The highest BCUT2D eigenvalue weighted by Crippen LogP contribution is 2.36. The van der Waals surface area contributed by atoms with Crippen molar-refractivity contribution in [2.45, 2.75) is 51.0 Å². The van der Waals surface area contributed by atoms with Gasteiger partial charge in [0, 0.05) is 38.2 Å². The molecule has 0 bridgehead atoms. The van der Waals surface area contributed by atoms with Crippen LogP contribution < -0.4 is 10.1 Å². The molecule has 5 rings (SSSR count). The number of aromatic nitrogens is 2. The number of hydrogen-bond acceptors (Lipinski definition) is 8. The van der Waals surface area contributed by atoms with E-state index in [4.69, 9.17) is 13.7 Å². The third-order valence-electron chi connectivity index (χ3n) is 7.33. The van der Waals surface area contributed by atoms with Gasteiger partial charge in [-0.1, -0.05) is 11.6 Å². The molecular weight excluding hydrogens is 505 g/mol. The van der Waals surface area contributed by atoms with Gasteiger partial charge in [-0.2, -0.15) is 4.98 Å². The Labute approximate surface area is 226 Å². The first-order valence-corrected chi connectivity index (χ1v) is 13.6. The third-order valence-corrected chi connectivity index (χ3v) is 7.33. The molecule has 1 saturated heterocycles. The second-order valence-electron chi connectivity index (χ2n) is 10.1. The Morgan fingerprint density at radius 1 is 1.18 bits per heavy atom. The molecule has 1 aliphatic heterocycles. The van der Waals surface area contributed by atoms with E-state index in [1.165, 1.54) is 12.3 Å². The van der Waals surface area contributed by atoms with Crippen molar-refractivity contribution in [3.8, 4) is 17.1 Å². The fraction of sp³-hybridized carbons (Fsp3) is 0.500. The van der Waals surface area contributed by atoms with E-state index in [2.05, 4.69) is 20.4 Å². The van der Waals surface area contributed by atoms with Crippen LogP contribution in [0.2, 0.25) is 0 Å². The maximum atomic E-state index is 14.7. The second kappa shape index (κ2) is 12.4. The zero-order chi connectivity index (χ0) is 27.2. The van der Waals surface area contributed by atoms with E-state index in [0.29, 0.717) is 42.8 Å². The SMILES string of the molecule is C[C@H](NC(=O)c1ccco1)C(=O)N1CCCN(CCCOc2ccc(-c3noc(C4CCC4)n3)c(F)c2)CC1. The molecule has 3 aromatic rings. The predicted molar refractivity (Wildman–Crippen MR) is 140 cm³/mol. The van der Waals surface area contributed by atoms with Gasteiger partial charge in [0.15, 0.2) is 5.76 Å². The number of carbonyl (C=O) groups excluding carboxylic acids is 2. The van der Waals surface area contributed by atoms with Gasteiger partial charge >= 0.3 is 0 Å². The summed E-state index contributed by atoms with van der Waals surface area (Å²) in [5.74, 6) is 0.839. The van der Waals surface area contributed by atoms with Gasteiger partial charge in [0.25, 0.3) is 5.91 Å². The largest absolute Gasteiger partial charge is 0.493 e. The predicted octanol–water partition coefficient (Wildman–Crippen LogP) is 3.86. The molecule has 0 spiro atoms. The minimum atomic E-state index is -0.640. The van der Waals surface area contributed by atoms with Crippen molar-refractivity contribution in [1.82, 2.24) is 25.3 Å². The normalized spacial score (nSPS) is 17.3. The minimum Gasteiger partial charge on any atom is -0.493 e. The summed E-state index contributed by atoms with van der Waals surface area (Å²) in [5.41, 5.74) is 0.301. The van der Waals surface area contributed by atoms with Gasteiger partial charge < -0.3 is 28.8 Å². The summed E-state index contributed by atoms with van der Waals surface area (Å²) in [4.78, 5) is 33.5. The fourth-order valence-electron chi connectivity index (χ4n) is 4.84. The summed E-state index contributed by atoms with van der Waals surface area (Å²) >= 11 is 0. The molecule has 2 aliphatic rings. The third kappa shape index (κ3) is 6.65. The number of ether oxygens (including phenoxy) is 1. The van der Waals surface area contributed by atoms with Crippen LogP contribution in [-0.2, 0) is 4.79 Å². The molecule has 10 nitrogen and oxygen atoms in total. The van der Waals surface area contributed by atoms with Crippen LogP contribution in [0.1, 0.15) is 61.4 Å². The minimum absolute atomic E-state index is 0.106. The average molecular weight is 540 g/mol. The van der Waals surface area contributed by atoms with E-state index in [-0.39, 0.29) is 17.5 Å². The van der Waals surface area contributed by atoms with Gasteiger partial charge in [-0.05, 0) is 63.4 Å². The van der Waals surface area contributed by atoms with Crippen molar-refractivity contribution in [3.05, 3.63) is 54.1 Å². The summed E-state index contributed by atoms with van der Waals surface area (Å²) < 4.78 is 30.9. The number of nitrogens with zero attached hydrogens (tertiary/aromatic N) is 4. The number of benzene rings is 1. The molecule has 1 aromatic carbocycles. The molecule has 1 saturated carbocycles. The van der Waals surface area contributed by atoms with E-state index >= 15 is 0 Å². The molecule has 0 unspecified atom stereocenters. The van der Waals surface area contributed by atoms with Crippen LogP contribution >= 0.6 is 0 Å². The number of halogens is 1. The van der Waals surface area contributed by atoms with Crippen molar-refractivity contribution in [2.75, 3.05) is 39.3 Å². The summed E-state index contributed by atoms with van der Waals surface area (Å²) in [6.45, 7) is 5.78. The van der Waals surface area contributed by atoms with Crippen molar-refractivity contribution in [1.29, 1.82) is 0 Å². The molecule has 2 amide bonds. The molecule has 3 heterocycles. The maximum Gasteiger partial charge on any atom is 0.287 e. The monoisotopic (exact) mass is 539 g/mol. The first kappa shape index (κ1) is 26.9. The van der Waals surface area contributed by atoms with Crippen LogP contribution in [0.15, 0.2) is 45.5 Å². The van der Waals surface area contributed by atoms with E-state index in [1.807, 2.05) is 0 Å². The standard InChI is InChI=1S/C28H34FN5O5/c1-19(30-26(35)24-8-3-16-38-24)28(36)34-13-4-11-33(14-15-34)12-5-17-37-21-9-10-22(23(29)18-21)25-31-27(39-32-25)20-6-2-7-20/h3,8-10,16,18-20H,2,4-7,11-15,17H2,1H3,(H,30,35)/t19-/m0/s1. The maximum absolute atomic E-state index is 14.7. The van der Waals surface area contributed by atoms with Gasteiger partial charge in [-0.25, -0.2) is 4.39 Å². The van der Waals surface area contributed by atoms with Crippen molar-refractivity contribution >= 4 is 11.8 Å². The Morgan fingerprint density at radius 2 is 2.05 bits per heavy atom. The quantitative estimate of drug-likeness (QED) is 0.387. The zero-order valence-corrected chi connectivity index (χ0v) is 22.1. The first-order chi connectivity index (χ1) is 19.0. The first-order valence-electron chi connectivity index (χ1n) is 13.6. The molecular formula is C28H34FN5O5. The Hall–Kier alpha value is -3.73.